The standard InChI is InChI=1S/C12H15NO5/c1-12(17)5-2-6-13(7-12)10(14)8-3-4-9(18-8)11(15)16/h3-4,17H,2,5-7H2,1H3,(H,15,16). The molecule has 0 spiro atoms. The van der Waals surface area contributed by atoms with Crippen LogP contribution in [0.2, 0.25) is 0 Å². The number of aliphatic hydroxyl groups is 1. The van der Waals surface area contributed by atoms with Gasteiger partial charge in [-0.05, 0) is 31.9 Å². The highest BCUT2D eigenvalue weighted by Crippen LogP contribution is 2.22. The summed E-state index contributed by atoms with van der Waals surface area (Å²) in [6, 6.07) is 2.59. The molecule has 0 saturated carbocycles. The van der Waals surface area contributed by atoms with Crippen molar-refractivity contribution in [3.63, 3.8) is 0 Å². The van der Waals surface area contributed by atoms with Crippen molar-refractivity contribution in [1.82, 2.24) is 4.90 Å². The maximum absolute atomic E-state index is 12.1. The smallest absolute Gasteiger partial charge is 0.371 e. The van der Waals surface area contributed by atoms with Gasteiger partial charge in [0.15, 0.2) is 5.76 Å². The van der Waals surface area contributed by atoms with Gasteiger partial charge in [-0.2, -0.15) is 0 Å². The van der Waals surface area contributed by atoms with Crippen molar-refractivity contribution in [1.29, 1.82) is 0 Å². The molecule has 2 rings (SSSR count). The Morgan fingerprint density at radius 2 is 2.06 bits per heavy atom. The fraction of sp³-hybridized carbons (Fsp3) is 0.500. The van der Waals surface area contributed by atoms with E-state index in [1.54, 1.807) is 6.92 Å². The largest absolute Gasteiger partial charge is 0.475 e. The zero-order valence-corrected chi connectivity index (χ0v) is 10.0. The molecule has 2 heterocycles. The minimum absolute atomic E-state index is 0.00917. The van der Waals surface area contributed by atoms with E-state index in [-0.39, 0.29) is 24.0 Å². The van der Waals surface area contributed by atoms with E-state index in [2.05, 4.69) is 0 Å². The van der Waals surface area contributed by atoms with Crippen LogP contribution in [-0.2, 0) is 0 Å². The van der Waals surface area contributed by atoms with E-state index in [0.717, 1.165) is 0 Å². The highest BCUT2D eigenvalue weighted by molar-refractivity contribution is 5.93. The first kappa shape index (κ1) is 12.6. The number of piperidine rings is 1. The Morgan fingerprint density at radius 1 is 1.39 bits per heavy atom. The molecule has 1 aromatic heterocycles. The number of aromatic carboxylic acids is 1. The first-order valence-electron chi connectivity index (χ1n) is 5.74. The average molecular weight is 253 g/mol. The summed E-state index contributed by atoms with van der Waals surface area (Å²) in [4.78, 5) is 24.2. The molecule has 0 aromatic carbocycles. The third-order valence-electron chi connectivity index (χ3n) is 2.99. The quantitative estimate of drug-likeness (QED) is 0.819. The summed E-state index contributed by atoms with van der Waals surface area (Å²) in [5, 5.41) is 18.6. The van der Waals surface area contributed by atoms with Gasteiger partial charge < -0.3 is 19.5 Å². The SMILES string of the molecule is CC1(O)CCCN(C(=O)c2ccc(C(=O)O)o2)C1. The number of nitrogens with zero attached hydrogens (tertiary/aromatic N) is 1. The second-order valence-corrected chi connectivity index (χ2v) is 4.80. The topological polar surface area (TPSA) is 91.0 Å². The van der Waals surface area contributed by atoms with Crippen LogP contribution in [0.1, 0.15) is 40.9 Å². The van der Waals surface area contributed by atoms with E-state index in [1.807, 2.05) is 0 Å². The fourth-order valence-electron chi connectivity index (χ4n) is 2.12. The minimum Gasteiger partial charge on any atom is -0.475 e. The molecule has 1 unspecified atom stereocenters. The number of β-amino-alcohol motifs (C(OH)–C–C–N with tert-alkyl or cyclic N) is 1. The van der Waals surface area contributed by atoms with Gasteiger partial charge in [0.2, 0.25) is 5.76 Å². The Bertz CT molecular complexity index is 477. The zero-order chi connectivity index (χ0) is 13.3. The number of amides is 1. The van der Waals surface area contributed by atoms with Crippen LogP contribution in [0.25, 0.3) is 0 Å². The lowest BCUT2D eigenvalue weighted by atomic mass is 9.95. The molecule has 1 saturated heterocycles. The third-order valence-corrected chi connectivity index (χ3v) is 2.99. The van der Waals surface area contributed by atoms with Gasteiger partial charge in [0, 0.05) is 13.1 Å². The van der Waals surface area contributed by atoms with Gasteiger partial charge in [0.25, 0.3) is 5.91 Å². The molecular formula is C12H15NO5. The van der Waals surface area contributed by atoms with Crippen molar-refractivity contribution in [2.75, 3.05) is 13.1 Å². The van der Waals surface area contributed by atoms with Crippen LogP contribution in [0.5, 0.6) is 0 Å². The summed E-state index contributed by atoms with van der Waals surface area (Å²) < 4.78 is 4.96. The van der Waals surface area contributed by atoms with Crippen molar-refractivity contribution in [3.05, 3.63) is 23.7 Å². The lowest BCUT2D eigenvalue weighted by Gasteiger charge is -2.36. The normalized spacial score (nSPS) is 24.0. The van der Waals surface area contributed by atoms with Crippen LogP contribution < -0.4 is 0 Å². The molecule has 1 atom stereocenters. The number of furan rings is 1. The third kappa shape index (κ3) is 2.53. The van der Waals surface area contributed by atoms with Gasteiger partial charge >= 0.3 is 5.97 Å². The van der Waals surface area contributed by atoms with E-state index in [9.17, 15) is 14.7 Å². The molecule has 0 radical (unpaired) electrons. The number of hydrogen-bond donors (Lipinski definition) is 2. The predicted molar refractivity (Wildman–Crippen MR) is 61.4 cm³/mol. The molecular weight excluding hydrogens is 238 g/mol. The van der Waals surface area contributed by atoms with E-state index < -0.39 is 11.6 Å². The zero-order valence-electron chi connectivity index (χ0n) is 10.0. The predicted octanol–water partition coefficient (Wildman–Crippen LogP) is 0.965. The second-order valence-electron chi connectivity index (χ2n) is 4.80. The van der Waals surface area contributed by atoms with E-state index in [4.69, 9.17) is 9.52 Å². The van der Waals surface area contributed by atoms with Crippen molar-refractivity contribution in [2.45, 2.75) is 25.4 Å². The molecule has 6 heteroatoms. The molecule has 98 valence electrons. The fourth-order valence-corrected chi connectivity index (χ4v) is 2.12. The number of carbonyl (C=O) groups is 2. The van der Waals surface area contributed by atoms with Crippen LogP contribution in [0.15, 0.2) is 16.5 Å². The lowest BCUT2D eigenvalue weighted by Crippen LogP contribution is -2.48. The summed E-state index contributed by atoms with van der Waals surface area (Å²) in [6.45, 7) is 2.45. The molecule has 6 nitrogen and oxygen atoms in total. The first-order valence-corrected chi connectivity index (χ1v) is 5.74. The van der Waals surface area contributed by atoms with Crippen LogP contribution in [0, 0.1) is 0 Å². The molecule has 1 aromatic rings. The van der Waals surface area contributed by atoms with Crippen molar-refractivity contribution in [2.24, 2.45) is 0 Å². The van der Waals surface area contributed by atoms with Crippen LogP contribution in [0.3, 0.4) is 0 Å². The van der Waals surface area contributed by atoms with E-state index in [0.29, 0.717) is 19.4 Å². The summed E-state index contributed by atoms with van der Waals surface area (Å²) in [7, 11) is 0. The van der Waals surface area contributed by atoms with Gasteiger partial charge in [-0.15, -0.1) is 0 Å². The highest BCUT2D eigenvalue weighted by atomic mass is 16.4. The van der Waals surface area contributed by atoms with Gasteiger partial charge in [-0.3, -0.25) is 4.79 Å². The molecule has 1 aliphatic heterocycles. The molecule has 1 amide bonds. The molecule has 0 aliphatic carbocycles. The second kappa shape index (κ2) is 4.45. The average Bonchev–Trinajstić information content (AvgIpc) is 2.76. The Balaban J connectivity index is 2.13. The van der Waals surface area contributed by atoms with Crippen molar-refractivity contribution < 1.29 is 24.2 Å². The van der Waals surface area contributed by atoms with Crippen LogP contribution in [-0.4, -0.2) is 45.7 Å². The number of carboxylic acid groups (broad SMARTS) is 1. The number of likely N-dealkylation sites (tertiary alicyclic amines) is 1. The number of rotatable bonds is 2. The number of carboxylic acids is 1. The van der Waals surface area contributed by atoms with Gasteiger partial charge in [0.1, 0.15) is 0 Å². The van der Waals surface area contributed by atoms with Gasteiger partial charge in [-0.25, -0.2) is 4.79 Å². The summed E-state index contributed by atoms with van der Waals surface area (Å²) in [5.41, 5.74) is -0.893. The maximum atomic E-state index is 12.1. The van der Waals surface area contributed by atoms with E-state index in [1.165, 1.54) is 17.0 Å². The molecule has 18 heavy (non-hydrogen) atoms. The molecule has 1 fully saturated rings. The lowest BCUT2D eigenvalue weighted by molar-refractivity contribution is -0.0118. The van der Waals surface area contributed by atoms with E-state index >= 15 is 0 Å². The molecule has 1 aliphatic rings. The van der Waals surface area contributed by atoms with Gasteiger partial charge in [-0.1, -0.05) is 0 Å². The van der Waals surface area contributed by atoms with Crippen LogP contribution in [0.4, 0.5) is 0 Å². The Kier molecular flexibility index (Phi) is 3.13. The maximum Gasteiger partial charge on any atom is 0.371 e. The van der Waals surface area contributed by atoms with Crippen molar-refractivity contribution in [3.8, 4) is 0 Å². The summed E-state index contributed by atoms with van der Waals surface area (Å²) in [6.07, 6.45) is 1.36. The monoisotopic (exact) mass is 253 g/mol. The Labute approximate surface area is 104 Å². The highest BCUT2D eigenvalue weighted by Gasteiger charge is 2.32. The molecule has 2 N–H and O–H groups in total. The molecule has 0 bridgehead atoms. The Hall–Kier alpha value is -1.82. The summed E-state index contributed by atoms with van der Waals surface area (Å²) in [5.74, 6) is -1.87. The summed E-state index contributed by atoms with van der Waals surface area (Å²) >= 11 is 0. The van der Waals surface area contributed by atoms with Crippen molar-refractivity contribution >= 4 is 11.9 Å². The van der Waals surface area contributed by atoms with Gasteiger partial charge in [0.05, 0.1) is 5.60 Å². The number of carbonyl (C=O) groups excluding carboxylic acids is 1. The Morgan fingerprint density at radius 3 is 2.61 bits per heavy atom. The van der Waals surface area contributed by atoms with Crippen LogP contribution >= 0.6 is 0 Å². The first-order chi connectivity index (χ1) is 8.39. The minimum atomic E-state index is -1.21. The number of hydrogen-bond acceptors (Lipinski definition) is 4.